The molecule has 0 amide bonds. The van der Waals surface area contributed by atoms with Crippen LogP contribution in [0.1, 0.15) is 47.2 Å². The second-order valence-corrected chi connectivity index (χ2v) is 32.4. The van der Waals surface area contributed by atoms with E-state index in [0.29, 0.717) is 11.4 Å². The van der Waals surface area contributed by atoms with Crippen molar-refractivity contribution in [2.24, 2.45) is 0 Å². The number of nitrogens with zero attached hydrogens (tertiary/aromatic N) is 6. The number of aromatic nitrogens is 4. The van der Waals surface area contributed by atoms with Crippen LogP contribution >= 0.6 is 0 Å². The molecule has 18 aromatic carbocycles. The van der Waals surface area contributed by atoms with Crippen LogP contribution in [0.4, 0.5) is 11.4 Å². The first-order chi connectivity index (χ1) is 59.2. The fourth-order valence-electron chi connectivity index (χ4n) is 20.3. The molecule has 560 valence electrons. The van der Waals surface area contributed by atoms with Crippen molar-refractivity contribution < 1.29 is 0 Å². The third kappa shape index (κ3) is 10.7. The SMILES string of the molecule is [C-]#[N+]c1ccc(-c2cccc(-n3c4ccccc4c4cc(-c5ccc6c(c5)c5ccccc5n6-c5ccc6c(c5)-c5ccccc5C6(C)C)ccc43)c2)cc1.[C-]#[N+]c1ccc(-c2cccc(-n3c4ccccc4c4cc(-c5ccc6c(c5)c5ccccc5n6-c5ccc6c(c5)-c5ccccc5C6(c5ccccc5)c5ccccc5)ccc43)c2)cc1. The summed E-state index contributed by atoms with van der Waals surface area (Å²) in [5.74, 6) is 0. The Bertz CT molecular complexity index is 8030. The molecule has 6 nitrogen and oxygen atoms in total. The van der Waals surface area contributed by atoms with E-state index in [1.165, 1.54) is 165 Å². The fourth-order valence-corrected chi connectivity index (χ4v) is 20.3. The lowest BCUT2D eigenvalue weighted by molar-refractivity contribution is 0.660. The van der Waals surface area contributed by atoms with Crippen molar-refractivity contribution in [1.82, 2.24) is 18.3 Å². The van der Waals surface area contributed by atoms with Crippen LogP contribution in [0.25, 0.3) is 186 Å². The number of para-hydroxylation sites is 4. The molecule has 0 bridgehead atoms. The molecule has 0 fully saturated rings. The van der Waals surface area contributed by atoms with Gasteiger partial charge in [0.15, 0.2) is 11.4 Å². The molecule has 2 aliphatic carbocycles. The zero-order chi connectivity index (χ0) is 79.9. The quantitative estimate of drug-likeness (QED) is 0.122. The van der Waals surface area contributed by atoms with Crippen molar-refractivity contribution in [3.63, 3.8) is 0 Å². The van der Waals surface area contributed by atoms with Crippen LogP contribution in [-0.2, 0) is 10.8 Å². The Balaban J connectivity index is 0.000000142. The van der Waals surface area contributed by atoms with Crippen LogP contribution < -0.4 is 0 Å². The van der Waals surface area contributed by atoms with E-state index >= 15 is 0 Å². The molecule has 0 N–H and O–H groups in total. The van der Waals surface area contributed by atoms with Crippen LogP contribution in [0.3, 0.4) is 0 Å². The number of benzene rings is 18. The van der Waals surface area contributed by atoms with Crippen LogP contribution in [0.2, 0.25) is 0 Å². The molecule has 24 rings (SSSR count). The summed E-state index contributed by atoms with van der Waals surface area (Å²) in [7, 11) is 0. The zero-order valence-corrected chi connectivity index (χ0v) is 65.9. The molecule has 2 aliphatic rings. The predicted molar refractivity (Wildman–Crippen MR) is 499 cm³/mol. The van der Waals surface area contributed by atoms with E-state index in [-0.39, 0.29) is 5.41 Å². The summed E-state index contributed by atoms with van der Waals surface area (Å²) >= 11 is 0. The molecule has 4 aromatic heterocycles. The molecular weight excluding hydrogens is 1450 g/mol. The van der Waals surface area contributed by atoms with E-state index < -0.39 is 5.41 Å². The van der Waals surface area contributed by atoms with Gasteiger partial charge in [0.25, 0.3) is 0 Å². The fraction of sp³-hybridized carbons (Fsp3) is 0.0351. The third-order valence-electron chi connectivity index (χ3n) is 25.8. The van der Waals surface area contributed by atoms with E-state index in [4.69, 9.17) is 13.1 Å². The topological polar surface area (TPSA) is 28.4 Å². The Kier molecular flexibility index (Phi) is 15.9. The van der Waals surface area contributed by atoms with Gasteiger partial charge in [0.2, 0.25) is 0 Å². The third-order valence-corrected chi connectivity index (χ3v) is 25.8. The Morgan fingerprint density at radius 1 is 0.200 bits per heavy atom. The van der Waals surface area contributed by atoms with Gasteiger partial charge in [-0.2, -0.15) is 0 Å². The molecule has 0 aliphatic heterocycles. The van der Waals surface area contributed by atoms with Crippen molar-refractivity contribution >= 4 is 98.6 Å². The molecule has 0 saturated carbocycles. The van der Waals surface area contributed by atoms with Crippen LogP contribution in [0.5, 0.6) is 0 Å². The number of rotatable bonds is 10. The molecule has 6 heteroatoms. The first kappa shape index (κ1) is 69.6. The van der Waals surface area contributed by atoms with Gasteiger partial charge in [-0.3, -0.25) is 0 Å². The molecule has 0 radical (unpaired) electrons. The minimum atomic E-state index is -0.437. The molecule has 0 saturated heterocycles. The maximum absolute atomic E-state index is 7.38. The molecule has 0 unspecified atom stereocenters. The highest BCUT2D eigenvalue weighted by Crippen LogP contribution is 2.57. The van der Waals surface area contributed by atoms with Gasteiger partial charge in [0.05, 0.1) is 62.7 Å². The maximum Gasteiger partial charge on any atom is 0.187 e. The minimum Gasteiger partial charge on any atom is -0.309 e. The lowest BCUT2D eigenvalue weighted by Gasteiger charge is -2.33. The van der Waals surface area contributed by atoms with Crippen LogP contribution in [-0.4, -0.2) is 18.3 Å². The summed E-state index contributed by atoms with van der Waals surface area (Å²) in [6.45, 7) is 19.4. The standard InChI is InChI=1S/C62H39N3.C52H35N3/c1-63-47-31-27-41(28-32-47)42-15-14-20-48(37-42)64-58-25-12-9-22-51(58)54-38-43(29-35-60(54)64)44-30-36-61-55(39-44)52-23-10-13-26-59(52)65(61)49-33-34-57-53(40-49)50-21-8-11-24-56(50)62(57,45-16-4-2-5-17-45)46-18-6-3-7-19-46;1-52(2)46-16-7-4-13-40(46)43-32-39(25-26-47(43)52)55-49-18-9-6-15-42(49)45-31-36(22-28-51(45)55)35-21-27-50-44(30-35)41-14-5-8-17-48(41)54(50)38-12-10-11-34(29-38)33-19-23-37(53-3)24-20-33/h2-40H;4-32H,1-2H3. The van der Waals surface area contributed by atoms with Gasteiger partial charge in [-0.05, 0) is 221 Å². The summed E-state index contributed by atoms with van der Waals surface area (Å²) < 4.78 is 9.64. The van der Waals surface area contributed by atoms with Gasteiger partial charge in [-0.1, -0.05) is 305 Å². The average molecular weight is 1530 g/mol. The van der Waals surface area contributed by atoms with Gasteiger partial charge in [-0.15, -0.1) is 0 Å². The minimum absolute atomic E-state index is 0.0232. The van der Waals surface area contributed by atoms with Gasteiger partial charge < -0.3 is 18.3 Å². The second-order valence-electron chi connectivity index (χ2n) is 32.4. The highest BCUT2D eigenvalue weighted by molar-refractivity contribution is 6.15. The second kappa shape index (κ2) is 27.4. The Labute approximate surface area is 695 Å². The number of hydrogen-bond donors (Lipinski definition) is 0. The van der Waals surface area contributed by atoms with Gasteiger partial charge in [-0.25, -0.2) is 9.69 Å². The normalized spacial score (nSPS) is 12.9. The Morgan fingerprint density at radius 2 is 0.483 bits per heavy atom. The van der Waals surface area contributed by atoms with Crippen LogP contribution in [0.15, 0.2) is 413 Å². The van der Waals surface area contributed by atoms with Gasteiger partial charge >= 0.3 is 0 Å². The van der Waals surface area contributed by atoms with Gasteiger partial charge in [0, 0.05) is 71.3 Å². The summed E-state index contributed by atoms with van der Waals surface area (Å²) in [4.78, 5) is 7.15. The lowest BCUT2D eigenvalue weighted by Crippen LogP contribution is -2.28. The summed E-state index contributed by atoms with van der Waals surface area (Å²) in [5, 5.41) is 9.85. The Morgan fingerprint density at radius 3 is 0.875 bits per heavy atom. The molecule has 0 spiro atoms. The van der Waals surface area contributed by atoms with Gasteiger partial charge in [0.1, 0.15) is 0 Å². The van der Waals surface area contributed by atoms with E-state index in [9.17, 15) is 0 Å². The highest BCUT2D eigenvalue weighted by Gasteiger charge is 2.46. The molecule has 0 atom stereocenters. The van der Waals surface area contributed by atoms with Crippen molar-refractivity contribution in [3.05, 3.63) is 469 Å². The van der Waals surface area contributed by atoms with E-state index in [1.54, 1.807) is 0 Å². The predicted octanol–water partition coefficient (Wildman–Crippen LogP) is 30.2. The van der Waals surface area contributed by atoms with Crippen molar-refractivity contribution in [3.8, 4) is 89.5 Å². The smallest absolute Gasteiger partial charge is 0.187 e. The molecular formula is C114H74N6. The molecule has 22 aromatic rings. The molecule has 120 heavy (non-hydrogen) atoms. The lowest BCUT2D eigenvalue weighted by atomic mass is 9.68. The largest absolute Gasteiger partial charge is 0.309 e. The Hall–Kier alpha value is -15.9. The van der Waals surface area contributed by atoms with Crippen molar-refractivity contribution in [2.75, 3.05) is 0 Å². The van der Waals surface area contributed by atoms with E-state index in [0.717, 1.165) is 44.8 Å². The first-order valence-corrected chi connectivity index (χ1v) is 41.1. The first-order valence-electron chi connectivity index (χ1n) is 41.1. The zero-order valence-electron chi connectivity index (χ0n) is 65.9. The average Bonchev–Trinajstić information content (AvgIpc) is 1.53. The van der Waals surface area contributed by atoms with E-state index in [2.05, 4.69) is 406 Å². The summed E-state index contributed by atoms with van der Waals surface area (Å²) in [5.41, 5.74) is 37.2. The van der Waals surface area contributed by atoms with Crippen LogP contribution in [0, 0.1) is 13.1 Å². The number of hydrogen-bond acceptors (Lipinski definition) is 0. The van der Waals surface area contributed by atoms with Crippen molar-refractivity contribution in [2.45, 2.75) is 24.7 Å². The van der Waals surface area contributed by atoms with Crippen molar-refractivity contribution in [1.29, 1.82) is 0 Å². The summed E-state index contributed by atoms with van der Waals surface area (Å²) in [6, 6.07) is 150. The monoisotopic (exact) mass is 1530 g/mol. The summed E-state index contributed by atoms with van der Waals surface area (Å²) in [6.07, 6.45) is 0. The highest BCUT2D eigenvalue weighted by atomic mass is 15.0. The molecule has 4 heterocycles. The number of fused-ring (bicyclic) bond motifs is 18. The van der Waals surface area contributed by atoms with E-state index in [1.807, 2.05) is 48.5 Å². The maximum atomic E-state index is 7.38.